The van der Waals surface area contributed by atoms with Gasteiger partial charge in [-0.3, -0.25) is 4.99 Å². The molecule has 11 rings (SSSR count). The van der Waals surface area contributed by atoms with Gasteiger partial charge in [-0.25, -0.2) is 4.98 Å². The average molecular weight is 1060 g/mol. The predicted octanol–water partition coefficient (Wildman–Crippen LogP) is 15.9. The van der Waals surface area contributed by atoms with E-state index in [0.29, 0.717) is 23.7 Å². The van der Waals surface area contributed by atoms with E-state index in [2.05, 4.69) is 192 Å². The Morgan fingerprint density at radius 3 is 2.10 bits per heavy atom. The second kappa shape index (κ2) is 17.7. The van der Waals surface area contributed by atoms with Gasteiger partial charge in [-0.15, -0.1) is 35.7 Å². The van der Waals surface area contributed by atoms with Gasteiger partial charge >= 0.3 is 21.1 Å². The summed E-state index contributed by atoms with van der Waals surface area (Å²) in [6.07, 6.45) is 7.91. The summed E-state index contributed by atoms with van der Waals surface area (Å²) in [5.74, 6) is 1.80. The van der Waals surface area contributed by atoms with Crippen LogP contribution in [0.1, 0.15) is 132 Å². The van der Waals surface area contributed by atoms with Gasteiger partial charge in [0.2, 0.25) is 0 Å². The zero-order valence-electron chi connectivity index (χ0n) is 40.1. The van der Waals surface area contributed by atoms with E-state index in [0.717, 1.165) is 55.5 Å². The number of aryl methyl sites for hydroxylation is 1. The summed E-state index contributed by atoms with van der Waals surface area (Å²) in [5, 5.41) is 4.66. The van der Waals surface area contributed by atoms with E-state index in [1.807, 2.05) is 12.3 Å². The van der Waals surface area contributed by atoms with Crippen LogP contribution >= 0.6 is 0 Å². The molecular weight excluding hydrogens is 1000 g/mol. The second-order valence-electron chi connectivity index (χ2n) is 20.7. The molecule has 67 heavy (non-hydrogen) atoms. The molecule has 6 heteroatoms. The van der Waals surface area contributed by atoms with E-state index in [-0.39, 0.29) is 38.6 Å². The minimum atomic E-state index is -0.148. The van der Waals surface area contributed by atoms with Crippen LogP contribution in [0.2, 0.25) is 0 Å². The maximum atomic E-state index is 7.18. The molecule has 1 fully saturated rings. The van der Waals surface area contributed by atoms with Gasteiger partial charge in [0.15, 0.2) is 0 Å². The summed E-state index contributed by atoms with van der Waals surface area (Å²) in [7, 11) is 0. The van der Waals surface area contributed by atoms with Crippen LogP contribution in [-0.4, -0.2) is 26.1 Å². The summed E-state index contributed by atoms with van der Waals surface area (Å²) in [4.78, 5) is 10.6. The Kier molecular flexibility index (Phi) is 11.9. The van der Waals surface area contributed by atoms with Crippen LogP contribution in [0, 0.1) is 25.0 Å². The van der Waals surface area contributed by atoms with Crippen LogP contribution in [0.3, 0.4) is 0 Å². The van der Waals surface area contributed by atoms with E-state index >= 15 is 0 Å². The Balaban J connectivity index is 0.00000525. The smallest absolute Gasteiger partial charge is 0.510 e. The van der Waals surface area contributed by atoms with Crippen LogP contribution in [0.5, 0.6) is 0 Å². The first kappa shape index (κ1) is 45.0. The minimum Gasteiger partial charge on any atom is -0.510 e. The van der Waals surface area contributed by atoms with Crippen molar-refractivity contribution >= 4 is 49.6 Å². The Bertz CT molecular complexity index is 3310. The van der Waals surface area contributed by atoms with Gasteiger partial charge in [0.1, 0.15) is 17.6 Å². The summed E-state index contributed by atoms with van der Waals surface area (Å²) in [6, 6.07) is 52.8. The first-order chi connectivity index (χ1) is 31.9. The van der Waals surface area contributed by atoms with Crippen molar-refractivity contribution in [3.05, 3.63) is 173 Å². The van der Waals surface area contributed by atoms with Gasteiger partial charge in [-0.2, -0.15) is 6.07 Å². The maximum absolute atomic E-state index is 7.18. The predicted molar refractivity (Wildman–Crippen MR) is 275 cm³/mol. The molecule has 2 atom stereocenters. The average Bonchev–Trinajstić information content (AvgIpc) is 4.02. The van der Waals surface area contributed by atoms with Crippen LogP contribution in [-0.2, 0) is 31.2 Å². The third-order valence-corrected chi connectivity index (χ3v) is 14.5. The van der Waals surface area contributed by atoms with E-state index in [4.69, 9.17) is 14.7 Å². The molecule has 0 bridgehead atoms. The van der Waals surface area contributed by atoms with Crippen molar-refractivity contribution in [2.45, 2.75) is 117 Å². The van der Waals surface area contributed by atoms with Gasteiger partial charge in [0.05, 0.1) is 11.6 Å². The minimum absolute atomic E-state index is 0. The van der Waals surface area contributed by atoms with Crippen molar-refractivity contribution in [3.8, 4) is 22.5 Å². The first-order valence-electron chi connectivity index (χ1n) is 24.3. The standard InChI is InChI=1S/C61H60N4O.Pt/c1-37(2)47-21-15-22-48(38(3)4)56(47)42-32-43(60-63-57(40-17-11-9-12-18-40)58(66-60)41-19-13-10-14-20-41)34-46(33-42)64-53-28-24-39(5)31-51(53)49-27-26-45(36-55(49)64)65-54-29-25-44(61(6,7)8)35-52(54)50-23-16-30-62-59(50)65;/h10,13-16,19-33,35,37-38,40,57-58H,9,11-12,17-18H2,1-8H3;/q-2;+2/t57-,58-;/m1./s1. The molecule has 0 saturated heterocycles. The van der Waals surface area contributed by atoms with E-state index in [1.54, 1.807) is 0 Å². The van der Waals surface area contributed by atoms with Crippen molar-refractivity contribution < 1.29 is 25.8 Å². The van der Waals surface area contributed by atoms with Crippen LogP contribution in [0.25, 0.3) is 66.2 Å². The molecule has 6 aromatic carbocycles. The first-order valence-corrected chi connectivity index (χ1v) is 24.3. The van der Waals surface area contributed by atoms with Crippen molar-refractivity contribution in [2.24, 2.45) is 10.9 Å². The molecule has 0 radical (unpaired) electrons. The molecule has 340 valence electrons. The molecule has 0 unspecified atom stereocenters. The monoisotopic (exact) mass is 1060 g/mol. The molecule has 0 N–H and O–H groups in total. The van der Waals surface area contributed by atoms with Crippen molar-refractivity contribution in [1.82, 2.24) is 14.1 Å². The summed E-state index contributed by atoms with van der Waals surface area (Å²) in [5.41, 5.74) is 15.7. The molecule has 0 spiro atoms. The van der Waals surface area contributed by atoms with Crippen LogP contribution < -0.4 is 0 Å². The fourth-order valence-corrected chi connectivity index (χ4v) is 11.1. The Labute approximate surface area is 410 Å². The third kappa shape index (κ3) is 7.95. The quantitative estimate of drug-likeness (QED) is 0.142. The maximum Gasteiger partial charge on any atom is 2.00 e. The van der Waals surface area contributed by atoms with Gasteiger partial charge in [0, 0.05) is 22.5 Å². The van der Waals surface area contributed by atoms with Crippen LogP contribution in [0.4, 0.5) is 0 Å². The number of pyridine rings is 1. The molecule has 1 aliphatic carbocycles. The molecule has 9 aromatic rings. The Morgan fingerprint density at radius 1 is 0.657 bits per heavy atom. The summed E-state index contributed by atoms with van der Waals surface area (Å²) >= 11 is 0. The summed E-state index contributed by atoms with van der Waals surface area (Å²) < 4.78 is 11.9. The van der Waals surface area contributed by atoms with Gasteiger partial charge in [-0.1, -0.05) is 162 Å². The molecular formula is C61H60N4OPt. The number of aromatic nitrogens is 3. The summed E-state index contributed by atoms with van der Waals surface area (Å²) in [6.45, 7) is 18.2. The molecule has 4 heterocycles. The fourth-order valence-electron chi connectivity index (χ4n) is 11.1. The Morgan fingerprint density at radius 2 is 1.37 bits per heavy atom. The molecule has 3 aromatic heterocycles. The zero-order valence-corrected chi connectivity index (χ0v) is 42.3. The number of aliphatic imine (C=N–C) groups is 1. The largest absolute Gasteiger partial charge is 2.00 e. The van der Waals surface area contributed by atoms with Gasteiger partial charge < -0.3 is 13.9 Å². The van der Waals surface area contributed by atoms with Gasteiger partial charge in [-0.05, 0) is 112 Å². The number of benzene rings is 6. The number of rotatable bonds is 8. The van der Waals surface area contributed by atoms with E-state index in [1.165, 1.54) is 76.3 Å². The SMILES string of the molecule is Cc1ccc2c(c1)c1ccc(-n3c4ccc(C(C)(C)C)cc4c4cccnc43)[c-]c1n2-c1[c-]c(C2=N[C@H](C3CCCCC3)[C@@H](c3ccccc3)O2)cc(-c2c(C(C)C)cccc2C(C)C)c1.[Pt+2]. The third-order valence-electron chi connectivity index (χ3n) is 14.5. The number of hydrogen-bond acceptors (Lipinski definition) is 3. The molecule has 1 saturated carbocycles. The fraction of sp³-hybridized carbons (Fsp3) is 0.311. The topological polar surface area (TPSA) is 44.3 Å². The molecule has 5 nitrogen and oxygen atoms in total. The van der Waals surface area contributed by atoms with Crippen molar-refractivity contribution in [3.63, 3.8) is 0 Å². The number of fused-ring (bicyclic) bond motifs is 6. The number of nitrogens with zero attached hydrogens (tertiary/aromatic N) is 4. The Hall–Kier alpha value is -5.77. The molecule has 1 aliphatic heterocycles. The molecule has 2 aliphatic rings. The van der Waals surface area contributed by atoms with E-state index in [9.17, 15) is 0 Å². The normalized spacial score (nSPS) is 17.0. The zero-order chi connectivity index (χ0) is 45.4. The van der Waals surface area contributed by atoms with Crippen molar-refractivity contribution in [1.29, 1.82) is 0 Å². The number of hydrogen-bond donors (Lipinski definition) is 0. The van der Waals surface area contributed by atoms with Gasteiger partial charge in [0.25, 0.3) is 0 Å². The van der Waals surface area contributed by atoms with Crippen LogP contribution in [0.15, 0.2) is 133 Å². The van der Waals surface area contributed by atoms with E-state index < -0.39 is 0 Å². The second-order valence-corrected chi connectivity index (χ2v) is 20.7. The molecule has 0 amide bonds. The number of ether oxygens (including phenoxy) is 1. The van der Waals surface area contributed by atoms with Crippen molar-refractivity contribution in [2.75, 3.05) is 0 Å².